The molecule has 0 spiro atoms. The molecule has 0 bridgehead atoms. The summed E-state index contributed by atoms with van der Waals surface area (Å²) in [5.74, 6) is -4.10. The number of aromatic nitrogens is 2. The number of esters is 1. The average molecular weight is 506 g/mol. The number of rotatable bonds is 4. The van der Waals surface area contributed by atoms with Crippen molar-refractivity contribution < 1.29 is 28.9 Å². The monoisotopic (exact) mass is 506 g/mol. The Bertz CT molecular complexity index is 988. The Morgan fingerprint density at radius 1 is 1.36 bits per heavy atom. The van der Waals surface area contributed by atoms with E-state index in [0.29, 0.717) is 4.57 Å². The molecule has 0 aliphatic carbocycles. The van der Waals surface area contributed by atoms with Crippen molar-refractivity contribution in [3.05, 3.63) is 68.5 Å². The lowest BCUT2D eigenvalue weighted by Crippen LogP contribution is -2.46. The molecule has 0 radical (unpaired) electrons. The van der Waals surface area contributed by atoms with Crippen LogP contribution in [0.2, 0.25) is 0 Å². The van der Waals surface area contributed by atoms with Crippen LogP contribution in [0, 0.1) is 6.92 Å². The number of aliphatic hydroxyl groups excluding tert-OH is 1. The lowest BCUT2D eigenvalue weighted by molar-refractivity contribution is -0.197. The second kappa shape index (κ2) is 7.73. The van der Waals surface area contributed by atoms with Gasteiger partial charge in [0.2, 0.25) is 0 Å². The molecular weight excluding hydrogens is 490 g/mol. The van der Waals surface area contributed by atoms with Gasteiger partial charge < -0.3 is 19.7 Å². The van der Waals surface area contributed by atoms with Crippen LogP contribution in [0.15, 0.2) is 46.1 Å². The van der Waals surface area contributed by atoms with Gasteiger partial charge in [0.05, 0.1) is 5.56 Å². The fourth-order valence-electron chi connectivity index (χ4n) is 2.70. The fraction of sp³-hybridized carbons (Fsp3) is 0.353. The zero-order chi connectivity index (χ0) is 20.6. The van der Waals surface area contributed by atoms with E-state index in [1.54, 1.807) is 46.9 Å². The van der Waals surface area contributed by atoms with Crippen molar-refractivity contribution in [1.82, 2.24) is 9.55 Å². The second-order valence-corrected chi connectivity index (χ2v) is 7.49. The number of hydrogen-bond acceptors (Lipinski definition) is 7. The number of nitrogens with one attached hydrogen (secondary N) is 1. The van der Waals surface area contributed by atoms with Crippen molar-refractivity contribution in [3.8, 4) is 0 Å². The van der Waals surface area contributed by atoms with E-state index in [2.05, 4.69) is 0 Å². The molecule has 3 N–H and O–H groups in total. The maximum Gasteiger partial charge on any atom is 0.339 e. The highest BCUT2D eigenvalue weighted by molar-refractivity contribution is 14.1. The van der Waals surface area contributed by atoms with E-state index >= 15 is 0 Å². The molecule has 11 heteroatoms. The van der Waals surface area contributed by atoms with Gasteiger partial charge in [0.25, 0.3) is 11.4 Å². The van der Waals surface area contributed by atoms with E-state index in [-0.39, 0.29) is 5.56 Å². The SMILES string of the molecule is Cc1ccc(C(=O)OC(I)[C@H]2O[C@@H](n3ccc(=O)[nH]c3=O)[C@@](O)(F)[C@@H]2O)cc1. The maximum absolute atomic E-state index is 14.7. The molecule has 1 saturated heterocycles. The van der Waals surface area contributed by atoms with Crippen LogP contribution in [0.1, 0.15) is 22.1 Å². The van der Waals surface area contributed by atoms with Gasteiger partial charge in [-0.25, -0.2) is 14.0 Å². The molecule has 1 aromatic carbocycles. The zero-order valence-electron chi connectivity index (χ0n) is 14.4. The highest BCUT2D eigenvalue weighted by atomic mass is 127. The van der Waals surface area contributed by atoms with Crippen LogP contribution in [-0.4, -0.2) is 47.9 Å². The van der Waals surface area contributed by atoms with Crippen molar-refractivity contribution in [2.75, 3.05) is 0 Å². The molecule has 0 amide bonds. The van der Waals surface area contributed by atoms with Gasteiger partial charge in [-0.05, 0) is 41.6 Å². The van der Waals surface area contributed by atoms with E-state index in [9.17, 15) is 29.0 Å². The predicted octanol–water partition coefficient (Wildman–Crippen LogP) is 0.380. The molecule has 1 fully saturated rings. The summed E-state index contributed by atoms with van der Waals surface area (Å²) >= 11 is 1.62. The van der Waals surface area contributed by atoms with Gasteiger partial charge in [-0.2, -0.15) is 0 Å². The first-order valence-electron chi connectivity index (χ1n) is 8.09. The molecule has 1 unspecified atom stereocenters. The first-order valence-corrected chi connectivity index (χ1v) is 9.34. The van der Waals surface area contributed by atoms with Crippen LogP contribution in [0.25, 0.3) is 0 Å². The van der Waals surface area contributed by atoms with Crippen LogP contribution < -0.4 is 11.2 Å². The van der Waals surface area contributed by atoms with E-state index in [0.717, 1.165) is 17.8 Å². The molecule has 9 nitrogen and oxygen atoms in total. The molecular formula is C17H16FIN2O7. The number of carbonyl (C=O) groups excluding carboxylic acids is 1. The topological polar surface area (TPSA) is 131 Å². The summed E-state index contributed by atoms with van der Waals surface area (Å²) in [6.45, 7) is 1.85. The minimum absolute atomic E-state index is 0.240. The Kier molecular flexibility index (Phi) is 5.70. The van der Waals surface area contributed by atoms with Crippen molar-refractivity contribution in [1.29, 1.82) is 0 Å². The van der Waals surface area contributed by atoms with Gasteiger partial charge in [-0.15, -0.1) is 0 Å². The fourth-order valence-corrected chi connectivity index (χ4v) is 3.49. The van der Waals surface area contributed by atoms with E-state index in [4.69, 9.17) is 9.47 Å². The van der Waals surface area contributed by atoms with E-state index in [1.165, 1.54) is 0 Å². The highest BCUT2D eigenvalue weighted by Crippen LogP contribution is 2.41. The number of carbonyl (C=O) groups is 1. The van der Waals surface area contributed by atoms with Gasteiger partial charge >= 0.3 is 11.7 Å². The summed E-state index contributed by atoms with van der Waals surface area (Å²) in [6, 6.07) is 7.43. The third-order valence-electron chi connectivity index (χ3n) is 4.23. The zero-order valence-corrected chi connectivity index (χ0v) is 16.6. The Labute approximate surface area is 170 Å². The summed E-state index contributed by atoms with van der Waals surface area (Å²) in [7, 11) is 0. The van der Waals surface area contributed by atoms with Crippen molar-refractivity contribution >= 4 is 28.6 Å². The third kappa shape index (κ3) is 3.87. The lowest BCUT2D eigenvalue weighted by atomic mass is 10.1. The number of H-pyrrole nitrogens is 1. The number of aromatic amines is 1. The third-order valence-corrected chi connectivity index (χ3v) is 5.19. The normalized spacial score (nSPS) is 28.1. The Morgan fingerprint density at radius 3 is 2.61 bits per heavy atom. The molecule has 1 aliphatic heterocycles. The lowest BCUT2D eigenvalue weighted by Gasteiger charge is -2.23. The first kappa shape index (κ1) is 20.6. The quantitative estimate of drug-likeness (QED) is 0.311. The summed E-state index contributed by atoms with van der Waals surface area (Å²) in [5, 5.41) is 20.2. The summed E-state index contributed by atoms with van der Waals surface area (Å²) in [5.41, 5.74) is -0.585. The minimum Gasteiger partial charge on any atom is -0.445 e. The minimum atomic E-state index is -3.37. The molecule has 5 atom stereocenters. The Morgan fingerprint density at radius 2 is 2.00 bits per heavy atom. The van der Waals surface area contributed by atoms with Crippen LogP contribution in [-0.2, 0) is 9.47 Å². The van der Waals surface area contributed by atoms with E-state index < -0.39 is 45.6 Å². The number of halogens is 2. The Hall–Kier alpha value is -2.09. The molecule has 1 aliphatic rings. The molecule has 150 valence electrons. The van der Waals surface area contributed by atoms with Crippen molar-refractivity contribution in [2.45, 2.75) is 35.3 Å². The molecule has 1 aromatic heterocycles. The molecule has 28 heavy (non-hydrogen) atoms. The standard InChI is InChI=1S/C17H16FIN2O7/c1-8-2-4-9(5-3-8)14(24)28-13(19)11-12(23)17(18,26)15(27-11)21-7-6-10(22)20-16(21)25/h2-7,11-13,15,23,26H,1H3,(H,20,22,25)/t11-,12+,13?,15+,17+/m0/s1. The number of aryl methyl sites for hydroxylation is 1. The van der Waals surface area contributed by atoms with Gasteiger partial charge in [-0.3, -0.25) is 14.3 Å². The molecule has 3 rings (SSSR count). The number of aliphatic hydroxyl groups is 2. The van der Waals surface area contributed by atoms with Crippen molar-refractivity contribution in [3.63, 3.8) is 0 Å². The van der Waals surface area contributed by atoms with Gasteiger partial charge in [-0.1, -0.05) is 17.7 Å². The van der Waals surface area contributed by atoms with Crippen LogP contribution in [0.4, 0.5) is 4.39 Å². The van der Waals surface area contributed by atoms with Crippen molar-refractivity contribution in [2.24, 2.45) is 0 Å². The Balaban J connectivity index is 1.80. The second-order valence-electron chi connectivity index (χ2n) is 6.27. The number of benzene rings is 1. The smallest absolute Gasteiger partial charge is 0.339 e. The predicted molar refractivity (Wildman–Crippen MR) is 102 cm³/mol. The number of hydrogen-bond donors (Lipinski definition) is 3. The first-order chi connectivity index (χ1) is 13.1. The molecule has 0 saturated carbocycles. The van der Waals surface area contributed by atoms with Crippen LogP contribution in [0.5, 0.6) is 0 Å². The summed E-state index contributed by atoms with van der Waals surface area (Å²) in [6.07, 6.45) is -4.63. The molecule has 2 aromatic rings. The number of nitrogens with zero attached hydrogens (tertiary/aromatic N) is 1. The number of ether oxygens (including phenoxy) is 2. The van der Waals surface area contributed by atoms with Crippen LogP contribution >= 0.6 is 22.6 Å². The number of alkyl halides is 2. The van der Waals surface area contributed by atoms with Gasteiger partial charge in [0, 0.05) is 12.3 Å². The van der Waals surface area contributed by atoms with Crippen LogP contribution in [0.3, 0.4) is 0 Å². The van der Waals surface area contributed by atoms with Gasteiger partial charge in [0.15, 0.2) is 10.3 Å². The summed E-state index contributed by atoms with van der Waals surface area (Å²) in [4.78, 5) is 37.1. The van der Waals surface area contributed by atoms with E-state index in [1.807, 2.05) is 11.9 Å². The van der Waals surface area contributed by atoms with Gasteiger partial charge in [0.1, 0.15) is 12.2 Å². The molecule has 2 heterocycles. The largest absolute Gasteiger partial charge is 0.445 e. The maximum atomic E-state index is 14.7. The highest BCUT2D eigenvalue weighted by Gasteiger charge is 2.60. The summed E-state index contributed by atoms with van der Waals surface area (Å²) < 4.78 is 24.6. The average Bonchev–Trinajstić information content (AvgIpc) is 2.86.